The van der Waals surface area contributed by atoms with Crippen molar-refractivity contribution in [3.63, 3.8) is 0 Å². The van der Waals surface area contributed by atoms with Crippen LogP contribution < -0.4 is 0 Å². The zero-order valence-corrected chi connectivity index (χ0v) is 22.2. The molecule has 182 valence electrons. The summed E-state index contributed by atoms with van der Waals surface area (Å²) in [6.07, 6.45) is 11.7. The summed E-state index contributed by atoms with van der Waals surface area (Å²) >= 11 is 0. The van der Waals surface area contributed by atoms with E-state index in [1.54, 1.807) is 0 Å². The molecule has 0 aromatic heterocycles. The third-order valence-electron chi connectivity index (χ3n) is 6.19. The van der Waals surface area contributed by atoms with E-state index < -0.39 is 0 Å². The number of terminal acetylenes is 1. The summed E-state index contributed by atoms with van der Waals surface area (Å²) in [6, 6.07) is 2.25. The van der Waals surface area contributed by atoms with Crippen molar-refractivity contribution in [2.24, 2.45) is 33.0 Å². The van der Waals surface area contributed by atoms with Gasteiger partial charge in [0.05, 0.1) is 31.8 Å². The van der Waals surface area contributed by atoms with E-state index in [0.717, 1.165) is 26.1 Å². The van der Waals surface area contributed by atoms with Crippen molar-refractivity contribution in [1.29, 1.82) is 5.26 Å². The molecule has 2 aliphatic heterocycles. The largest absolute Gasteiger partial charge is 0.465 e. The summed E-state index contributed by atoms with van der Waals surface area (Å²) in [7, 11) is 0. The van der Waals surface area contributed by atoms with Gasteiger partial charge >= 0.3 is 5.97 Å². The Labute approximate surface area is 197 Å². The molecule has 0 bridgehead atoms. The van der Waals surface area contributed by atoms with Gasteiger partial charge in [-0.1, -0.05) is 68.2 Å². The van der Waals surface area contributed by atoms with Gasteiger partial charge in [-0.15, -0.1) is 6.42 Å². The van der Waals surface area contributed by atoms with E-state index in [2.05, 4.69) is 74.3 Å². The van der Waals surface area contributed by atoms with Gasteiger partial charge in [-0.25, -0.2) is 0 Å². The molecule has 0 spiro atoms. The predicted molar refractivity (Wildman–Crippen MR) is 131 cm³/mol. The number of hydrogen-bond donors (Lipinski definition) is 0. The highest BCUT2D eigenvalue weighted by Crippen LogP contribution is 2.52. The summed E-state index contributed by atoms with van der Waals surface area (Å²) in [5, 5.41) is 8.66. The quantitative estimate of drug-likeness (QED) is 0.355. The summed E-state index contributed by atoms with van der Waals surface area (Å²) in [5.41, 5.74) is 1.27. The van der Waals surface area contributed by atoms with Crippen molar-refractivity contribution in [3.8, 4) is 18.4 Å². The van der Waals surface area contributed by atoms with Crippen LogP contribution in [0.2, 0.25) is 0 Å². The van der Waals surface area contributed by atoms with Crippen LogP contribution in [-0.2, 0) is 14.3 Å². The Morgan fingerprint density at radius 2 is 1.53 bits per heavy atom. The molecule has 1 saturated carbocycles. The highest BCUT2D eigenvalue weighted by Gasteiger charge is 2.43. The molecule has 0 amide bonds. The van der Waals surface area contributed by atoms with Gasteiger partial charge in [0.1, 0.15) is 0 Å². The lowest BCUT2D eigenvalue weighted by Gasteiger charge is -2.43. The zero-order valence-electron chi connectivity index (χ0n) is 22.2. The number of carbonyl (C=O) groups excluding carboxylic acids is 1. The van der Waals surface area contributed by atoms with Crippen LogP contribution in [0.25, 0.3) is 0 Å². The maximum absolute atomic E-state index is 11.0. The minimum Gasteiger partial charge on any atom is -0.465 e. The lowest BCUT2D eigenvalue weighted by molar-refractivity contribution is -0.143. The van der Waals surface area contributed by atoms with Gasteiger partial charge in [-0.3, -0.25) is 4.79 Å². The number of hydrogen-bond acceptors (Lipinski definition) is 4. The maximum atomic E-state index is 11.0. The number of carbonyl (C=O) groups is 1. The molecule has 0 aromatic rings. The molecular formula is C28H47NO3. The minimum atomic E-state index is -0.0208. The third kappa shape index (κ3) is 9.95. The standard InChI is InChI=1S/C10H17NO.C10H16.C8H14O2/c1-9(2,3)6-10(4-5-11)7-12-8-10;1-5-10(6-7-10)8-9(2,3)4;1-8(2,3)6-4-5-10-7(6)9/h4,6-8H2,1-3H3;1H,6-8H2,2-4H3;6H,4-5H2,1-3H3. The van der Waals surface area contributed by atoms with Crippen molar-refractivity contribution < 1.29 is 14.3 Å². The molecule has 1 unspecified atom stereocenters. The summed E-state index contributed by atoms with van der Waals surface area (Å²) < 4.78 is 10.0. The molecule has 1 atom stereocenters. The van der Waals surface area contributed by atoms with Crippen LogP contribution in [0.5, 0.6) is 0 Å². The molecule has 3 fully saturated rings. The van der Waals surface area contributed by atoms with Crippen molar-refractivity contribution in [3.05, 3.63) is 0 Å². The first-order chi connectivity index (χ1) is 14.5. The number of esters is 1. The smallest absolute Gasteiger partial charge is 0.309 e. The molecule has 32 heavy (non-hydrogen) atoms. The fraction of sp³-hybridized carbons (Fsp3) is 0.857. The first-order valence-electron chi connectivity index (χ1n) is 12.1. The van der Waals surface area contributed by atoms with Crippen molar-refractivity contribution in [1.82, 2.24) is 0 Å². The highest BCUT2D eigenvalue weighted by molar-refractivity contribution is 5.74. The molecule has 2 saturated heterocycles. The third-order valence-corrected chi connectivity index (χ3v) is 6.19. The van der Waals surface area contributed by atoms with E-state index in [1.807, 2.05) is 0 Å². The molecule has 0 radical (unpaired) electrons. The lowest BCUT2D eigenvalue weighted by atomic mass is 9.71. The van der Waals surface area contributed by atoms with E-state index in [-0.39, 0.29) is 22.7 Å². The molecule has 0 aromatic carbocycles. The van der Waals surface area contributed by atoms with Crippen molar-refractivity contribution in [2.45, 2.75) is 101 Å². The summed E-state index contributed by atoms with van der Waals surface area (Å²) in [5.74, 6) is 3.01. The van der Waals surface area contributed by atoms with Crippen molar-refractivity contribution >= 4 is 5.97 Å². The normalized spacial score (nSPS) is 23.1. The Hall–Kier alpha value is -1.52. The van der Waals surface area contributed by atoms with E-state index >= 15 is 0 Å². The predicted octanol–water partition coefficient (Wildman–Crippen LogP) is 6.78. The lowest BCUT2D eigenvalue weighted by Crippen LogP contribution is -2.44. The average Bonchev–Trinajstić information content (AvgIpc) is 3.19. The molecule has 2 heterocycles. The van der Waals surface area contributed by atoms with Crippen LogP contribution in [0.4, 0.5) is 0 Å². The Morgan fingerprint density at radius 3 is 1.72 bits per heavy atom. The number of ether oxygens (including phenoxy) is 2. The van der Waals surface area contributed by atoms with Gasteiger partial charge in [-0.05, 0) is 48.3 Å². The number of nitriles is 1. The summed E-state index contributed by atoms with van der Waals surface area (Å²) in [6.45, 7) is 21.8. The molecular weight excluding hydrogens is 398 g/mol. The summed E-state index contributed by atoms with van der Waals surface area (Å²) in [4.78, 5) is 11.0. The van der Waals surface area contributed by atoms with Gasteiger partial charge in [0, 0.05) is 17.3 Å². The number of cyclic esters (lactones) is 1. The highest BCUT2D eigenvalue weighted by atomic mass is 16.5. The monoisotopic (exact) mass is 445 g/mol. The molecule has 3 rings (SSSR count). The molecule has 4 nitrogen and oxygen atoms in total. The zero-order chi connectivity index (χ0) is 24.8. The van der Waals surface area contributed by atoms with E-state index in [0.29, 0.717) is 29.3 Å². The maximum Gasteiger partial charge on any atom is 0.309 e. The Balaban J connectivity index is 0.000000241. The number of nitrogens with zero attached hydrogens (tertiary/aromatic N) is 1. The fourth-order valence-corrected chi connectivity index (χ4v) is 4.77. The fourth-order valence-electron chi connectivity index (χ4n) is 4.77. The van der Waals surface area contributed by atoms with Crippen LogP contribution >= 0.6 is 0 Å². The topological polar surface area (TPSA) is 59.3 Å². The van der Waals surface area contributed by atoms with Gasteiger partial charge in [0.25, 0.3) is 0 Å². The second kappa shape index (κ2) is 10.6. The molecule has 3 aliphatic rings. The Bertz CT molecular complexity index is 695. The van der Waals surface area contributed by atoms with E-state index in [9.17, 15) is 4.79 Å². The SMILES string of the molecule is C#CC1(CC(C)(C)C)CC1.CC(C)(C)C1CCOC1=O.CC(C)(C)CC1(CC#N)COC1. The van der Waals surface area contributed by atoms with Gasteiger partial charge in [0.2, 0.25) is 0 Å². The van der Waals surface area contributed by atoms with Crippen LogP contribution in [0.1, 0.15) is 101 Å². The Kier molecular flexibility index (Phi) is 9.45. The second-order valence-electron chi connectivity index (χ2n) is 13.6. The van der Waals surface area contributed by atoms with Crippen molar-refractivity contribution in [2.75, 3.05) is 19.8 Å². The minimum absolute atomic E-state index is 0.0208. The van der Waals surface area contributed by atoms with Crippen LogP contribution in [0.15, 0.2) is 0 Å². The Morgan fingerprint density at radius 1 is 1.00 bits per heavy atom. The van der Waals surface area contributed by atoms with Gasteiger partial charge < -0.3 is 9.47 Å². The first kappa shape index (κ1) is 28.5. The van der Waals surface area contributed by atoms with E-state index in [1.165, 1.54) is 19.3 Å². The first-order valence-corrected chi connectivity index (χ1v) is 12.1. The molecule has 0 N–H and O–H groups in total. The van der Waals surface area contributed by atoms with Crippen LogP contribution in [0, 0.1) is 56.7 Å². The molecule has 4 heteroatoms. The average molecular weight is 446 g/mol. The molecule has 1 aliphatic carbocycles. The number of rotatable bonds is 3. The van der Waals surface area contributed by atoms with Gasteiger partial charge in [-0.2, -0.15) is 5.26 Å². The van der Waals surface area contributed by atoms with Crippen LogP contribution in [-0.4, -0.2) is 25.8 Å². The van der Waals surface area contributed by atoms with Gasteiger partial charge in [0.15, 0.2) is 0 Å². The van der Waals surface area contributed by atoms with Crippen LogP contribution in [0.3, 0.4) is 0 Å². The second-order valence-corrected chi connectivity index (χ2v) is 13.6. The van der Waals surface area contributed by atoms with E-state index in [4.69, 9.17) is 21.2 Å².